The van der Waals surface area contributed by atoms with Crippen LogP contribution >= 0.6 is 0 Å². The SMILES string of the molecule is CC(=O)N[C@@H]1[C@@H](NC(=O)Cn2nc(C)c(C)cc2=O)[C@H]2CCO[C@H]21. The maximum Gasteiger partial charge on any atom is 0.267 e. The molecule has 0 radical (unpaired) electrons. The van der Waals surface area contributed by atoms with Crippen molar-refractivity contribution in [2.45, 2.75) is 51.9 Å². The van der Waals surface area contributed by atoms with Gasteiger partial charge in [0.05, 0.1) is 23.9 Å². The highest BCUT2D eigenvalue weighted by Gasteiger charge is 2.54. The van der Waals surface area contributed by atoms with Crippen LogP contribution in [-0.2, 0) is 20.9 Å². The number of hydrogen-bond acceptors (Lipinski definition) is 5. The van der Waals surface area contributed by atoms with E-state index < -0.39 is 0 Å². The molecule has 2 aliphatic rings. The van der Waals surface area contributed by atoms with Crippen molar-refractivity contribution in [2.24, 2.45) is 5.92 Å². The largest absolute Gasteiger partial charge is 0.376 e. The maximum absolute atomic E-state index is 12.3. The summed E-state index contributed by atoms with van der Waals surface area (Å²) in [6, 6.07) is 1.08. The summed E-state index contributed by atoms with van der Waals surface area (Å²) in [6.45, 7) is 5.54. The van der Waals surface area contributed by atoms with Gasteiger partial charge in [-0.15, -0.1) is 0 Å². The van der Waals surface area contributed by atoms with Gasteiger partial charge in [0.15, 0.2) is 0 Å². The van der Waals surface area contributed by atoms with Crippen LogP contribution in [0.15, 0.2) is 10.9 Å². The average Bonchev–Trinajstić information content (AvgIpc) is 2.92. The number of nitrogens with one attached hydrogen (secondary N) is 2. The minimum atomic E-state index is -0.303. The van der Waals surface area contributed by atoms with Crippen LogP contribution in [0.5, 0.6) is 0 Å². The monoisotopic (exact) mass is 334 g/mol. The second-order valence-electron chi connectivity index (χ2n) is 6.52. The Labute approximate surface area is 139 Å². The summed E-state index contributed by atoms with van der Waals surface area (Å²) in [5.74, 6) is -0.242. The van der Waals surface area contributed by atoms with Gasteiger partial charge in [0.2, 0.25) is 11.8 Å². The summed E-state index contributed by atoms with van der Waals surface area (Å²) in [4.78, 5) is 35.6. The quantitative estimate of drug-likeness (QED) is 0.756. The standard InChI is InChI=1S/C16H22N4O4/c1-8-6-13(23)20(19-9(8)2)7-12(22)18-14-11-4-5-24-16(11)15(14)17-10(3)21/h6,11,14-16H,4-5,7H2,1-3H3,(H,17,21)(H,18,22)/t11-,14+,15-,16-/m1/s1. The molecule has 1 aliphatic carbocycles. The fraction of sp³-hybridized carbons (Fsp3) is 0.625. The summed E-state index contributed by atoms with van der Waals surface area (Å²) >= 11 is 0. The Hall–Kier alpha value is -2.22. The van der Waals surface area contributed by atoms with Gasteiger partial charge in [-0.25, -0.2) is 4.68 Å². The Balaban J connectivity index is 1.67. The molecule has 2 heterocycles. The van der Waals surface area contributed by atoms with E-state index in [1.165, 1.54) is 13.0 Å². The van der Waals surface area contributed by atoms with Crippen LogP contribution in [-0.4, -0.2) is 46.4 Å². The molecule has 2 amide bonds. The lowest BCUT2D eigenvalue weighted by molar-refractivity contribution is -0.130. The first-order chi connectivity index (χ1) is 11.4. The molecule has 0 aromatic carbocycles. The first-order valence-electron chi connectivity index (χ1n) is 8.10. The zero-order valence-corrected chi connectivity index (χ0v) is 14.0. The molecule has 8 nitrogen and oxygen atoms in total. The Morgan fingerprint density at radius 3 is 2.79 bits per heavy atom. The van der Waals surface area contributed by atoms with Gasteiger partial charge < -0.3 is 15.4 Å². The summed E-state index contributed by atoms with van der Waals surface area (Å²) in [6.07, 6.45) is 0.815. The minimum absolute atomic E-state index is 0.0401. The molecule has 1 aromatic heterocycles. The van der Waals surface area contributed by atoms with E-state index in [0.717, 1.165) is 16.7 Å². The zero-order chi connectivity index (χ0) is 17.4. The number of nitrogens with zero attached hydrogens (tertiary/aromatic N) is 2. The summed E-state index contributed by atoms with van der Waals surface area (Å²) in [7, 11) is 0. The highest BCUT2D eigenvalue weighted by atomic mass is 16.5. The normalized spacial score (nSPS) is 28.0. The van der Waals surface area contributed by atoms with Gasteiger partial charge in [-0.1, -0.05) is 0 Å². The molecular formula is C16H22N4O4. The van der Waals surface area contributed by atoms with E-state index in [-0.39, 0.29) is 48.0 Å². The lowest BCUT2D eigenvalue weighted by Gasteiger charge is -2.47. The molecule has 0 bridgehead atoms. The molecule has 1 aliphatic heterocycles. The van der Waals surface area contributed by atoms with Crippen LogP contribution in [0.25, 0.3) is 0 Å². The molecule has 2 N–H and O–H groups in total. The molecule has 24 heavy (non-hydrogen) atoms. The third kappa shape index (κ3) is 3.06. The highest BCUT2D eigenvalue weighted by molar-refractivity contribution is 5.77. The fourth-order valence-electron chi connectivity index (χ4n) is 3.46. The number of carbonyl (C=O) groups excluding carboxylic acids is 2. The van der Waals surface area contributed by atoms with Crippen LogP contribution < -0.4 is 16.2 Å². The van der Waals surface area contributed by atoms with E-state index in [0.29, 0.717) is 12.3 Å². The predicted molar refractivity (Wildman–Crippen MR) is 85.4 cm³/mol. The minimum Gasteiger partial charge on any atom is -0.376 e. The third-order valence-corrected chi connectivity index (χ3v) is 4.81. The molecule has 130 valence electrons. The van der Waals surface area contributed by atoms with Crippen molar-refractivity contribution in [2.75, 3.05) is 6.61 Å². The van der Waals surface area contributed by atoms with Gasteiger partial charge in [0.1, 0.15) is 6.54 Å². The van der Waals surface area contributed by atoms with Gasteiger partial charge in [-0.2, -0.15) is 5.10 Å². The van der Waals surface area contributed by atoms with E-state index >= 15 is 0 Å². The molecule has 1 saturated carbocycles. The van der Waals surface area contributed by atoms with Crippen LogP contribution in [0.2, 0.25) is 0 Å². The molecule has 2 fully saturated rings. The number of fused-ring (bicyclic) bond motifs is 1. The van der Waals surface area contributed by atoms with Crippen molar-refractivity contribution < 1.29 is 14.3 Å². The lowest BCUT2D eigenvalue weighted by Crippen LogP contribution is -2.71. The van der Waals surface area contributed by atoms with Gasteiger partial charge in [-0.3, -0.25) is 14.4 Å². The Morgan fingerprint density at radius 2 is 2.08 bits per heavy atom. The van der Waals surface area contributed by atoms with Gasteiger partial charge >= 0.3 is 0 Å². The van der Waals surface area contributed by atoms with Crippen molar-refractivity contribution in [1.29, 1.82) is 0 Å². The first kappa shape index (κ1) is 16.6. The number of hydrogen-bond donors (Lipinski definition) is 2. The third-order valence-electron chi connectivity index (χ3n) is 4.81. The van der Waals surface area contributed by atoms with Gasteiger partial charge in [0, 0.05) is 25.5 Å². The van der Waals surface area contributed by atoms with Crippen molar-refractivity contribution in [1.82, 2.24) is 20.4 Å². The van der Waals surface area contributed by atoms with E-state index in [2.05, 4.69) is 15.7 Å². The second kappa shape index (κ2) is 6.35. The molecule has 0 spiro atoms. The van der Waals surface area contributed by atoms with Crippen LogP contribution in [0.4, 0.5) is 0 Å². The predicted octanol–water partition coefficient (Wildman–Crippen LogP) is -0.732. The first-order valence-corrected chi connectivity index (χ1v) is 8.10. The average molecular weight is 334 g/mol. The number of rotatable bonds is 4. The number of aromatic nitrogens is 2. The Kier molecular flexibility index (Phi) is 4.40. The lowest BCUT2D eigenvalue weighted by atomic mass is 9.71. The van der Waals surface area contributed by atoms with Gasteiger partial charge in [0.25, 0.3) is 5.56 Å². The van der Waals surface area contributed by atoms with E-state index in [1.807, 2.05) is 0 Å². The highest BCUT2D eigenvalue weighted by Crippen LogP contribution is 2.39. The summed E-state index contributed by atoms with van der Waals surface area (Å²) in [5.41, 5.74) is 1.21. The zero-order valence-electron chi connectivity index (χ0n) is 14.0. The Bertz CT molecular complexity index is 729. The summed E-state index contributed by atoms with van der Waals surface area (Å²) < 4.78 is 6.77. The van der Waals surface area contributed by atoms with Crippen LogP contribution in [0.1, 0.15) is 24.6 Å². The maximum atomic E-state index is 12.3. The van der Waals surface area contributed by atoms with Crippen molar-refractivity contribution in [3.05, 3.63) is 27.7 Å². The van der Waals surface area contributed by atoms with Crippen LogP contribution in [0, 0.1) is 19.8 Å². The molecule has 1 saturated heterocycles. The molecule has 0 unspecified atom stereocenters. The molecule has 1 aromatic rings. The van der Waals surface area contributed by atoms with E-state index in [1.54, 1.807) is 13.8 Å². The van der Waals surface area contributed by atoms with Crippen molar-refractivity contribution >= 4 is 11.8 Å². The fourth-order valence-corrected chi connectivity index (χ4v) is 3.46. The molecule has 4 atom stereocenters. The number of carbonyl (C=O) groups is 2. The number of amides is 2. The molecule has 3 rings (SSSR count). The second-order valence-corrected chi connectivity index (χ2v) is 6.52. The van der Waals surface area contributed by atoms with E-state index in [4.69, 9.17) is 4.74 Å². The van der Waals surface area contributed by atoms with Crippen molar-refractivity contribution in [3.63, 3.8) is 0 Å². The summed E-state index contributed by atoms with van der Waals surface area (Å²) in [5, 5.41) is 9.90. The number of ether oxygens (including phenoxy) is 1. The molecule has 8 heteroatoms. The Morgan fingerprint density at radius 1 is 1.33 bits per heavy atom. The van der Waals surface area contributed by atoms with Crippen molar-refractivity contribution in [3.8, 4) is 0 Å². The number of aryl methyl sites for hydroxylation is 2. The van der Waals surface area contributed by atoms with Crippen LogP contribution in [0.3, 0.4) is 0 Å². The van der Waals surface area contributed by atoms with Gasteiger partial charge in [-0.05, 0) is 25.8 Å². The smallest absolute Gasteiger partial charge is 0.267 e. The topological polar surface area (TPSA) is 102 Å². The molecular weight excluding hydrogens is 312 g/mol. The van der Waals surface area contributed by atoms with E-state index in [9.17, 15) is 14.4 Å².